The van der Waals surface area contributed by atoms with Crippen LogP contribution in [0.4, 0.5) is 0 Å². The second-order valence-electron chi connectivity index (χ2n) is 0.502. The van der Waals surface area contributed by atoms with Crippen LogP contribution in [-0.2, 0) is 14.4 Å². The van der Waals surface area contributed by atoms with E-state index in [0.29, 0.717) is 0 Å². The number of rotatable bonds is 2. The van der Waals surface area contributed by atoms with Crippen molar-refractivity contribution in [2.75, 3.05) is 0 Å². The summed E-state index contributed by atoms with van der Waals surface area (Å²) in [5.41, 5.74) is 0. The predicted molar refractivity (Wildman–Crippen MR) is 29.0 cm³/mol. The Morgan fingerprint density at radius 3 is 2.60 bits per heavy atom. The van der Waals surface area contributed by atoms with Gasteiger partial charge in [0.25, 0.3) is 0 Å². The van der Waals surface area contributed by atoms with Gasteiger partial charge in [-0.1, -0.05) is 0 Å². The van der Waals surface area contributed by atoms with Crippen molar-refractivity contribution in [3.8, 4) is 0 Å². The van der Waals surface area contributed by atoms with Crippen molar-refractivity contribution < 1.29 is 14.4 Å². The first-order valence-corrected chi connectivity index (χ1v) is 6.88. The molecule has 0 aromatic heterocycles. The van der Waals surface area contributed by atoms with E-state index in [1.807, 2.05) is 6.08 Å². The van der Waals surface area contributed by atoms with Crippen LogP contribution in [0, 0.1) is 0 Å². The molecule has 0 saturated carbocycles. The van der Waals surface area contributed by atoms with Gasteiger partial charge in [-0.15, -0.1) is 0 Å². The second-order valence-corrected chi connectivity index (χ2v) is 4.41. The van der Waals surface area contributed by atoms with Gasteiger partial charge in [0.1, 0.15) is 0 Å². The van der Waals surface area contributed by atoms with Crippen LogP contribution in [0.1, 0.15) is 0 Å². The molecule has 0 spiro atoms. The van der Waals surface area contributed by atoms with E-state index in [1.54, 1.807) is 0 Å². The van der Waals surface area contributed by atoms with Crippen molar-refractivity contribution in [1.29, 1.82) is 0 Å². The van der Waals surface area contributed by atoms with Gasteiger partial charge >= 0.3 is 51.4 Å². The summed E-state index contributed by atoms with van der Waals surface area (Å²) >= 11 is 3.23. The van der Waals surface area contributed by atoms with Crippen molar-refractivity contribution in [3.05, 3.63) is 12.7 Å². The van der Waals surface area contributed by atoms with Crippen molar-refractivity contribution in [2.24, 2.45) is 0 Å². The molecule has 34 valence electrons. The van der Waals surface area contributed by atoms with Crippen LogP contribution >= 0.6 is 19.5 Å². The first-order chi connectivity index (χ1) is 2.41. The van der Waals surface area contributed by atoms with E-state index in [1.165, 1.54) is 4.89 Å². The molecule has 0 aliphatic heterocycles. The molecule has 0 radical (unpaired) electrons. The van der Waals surface area contributed by atoms with Gasteiger partial charge in [-0.2, -0.15) is 0 Å². The van der Waals surface area contributed by atoms with E-state index in [0.717, 1.165) is 14.4 Å². The maximum atomic E-state index is 3.56. The number of halogens is 1. The summed E-state index contributed by atoms with van der Waals surface area (Å²) in [4.78, 5) is 1.19. The fourth-order valence-corrected chi connectivity index (χ4v) is 1.37. The molecule has 0 unspecified atom stereocenters. The summed E-state index contributed by atoms with van der Waals surface area (Å²) in [6, 6.07) is 0. The van der Waals surface area contributed by atoms with E-state index in [2.05, 4.69) is 26.1 Å². The molecule has 0 atom stereocenters. The molecule has 0 aliphatic carbocycles. The Morgan fingerprint density at radius 2 is 2.60 bits per heavy atom. The van der Waals surface area contributed by atoms with Gasteiger partial charge in [0.15, 0.2) is 0 Å². The zero-order valence-corrected chi connectivity index (χ0v) is 6.40. The van der Waals surface area contributed by atoms with E-state index < -0.39 is 0 Å². The Morgan fingerprint density at radius 1 is 2.00 bits per heavy atom. The molecular formula is C3H5IPd. The molecule has 0 fully saturated rings. The molecule has 0 heterocycles. The van der Waals surface area contributed by atoms with Gasteiger partial charge in [-0.25, -0.2) is 0 Å². The Labute approximate surface area is 51.2 Å². The third-order valence-corrected chi connectivity index (χ3v) is 2.48. The zero-order valence-electron chi connectivity index (χ0n) is 2.69. The molecule has 2 heteroatoms. The average Bonchev–Trinajstić information content (AvgIpc) is 1.41. The molecule has 0 aromatic carbocycles. The van der Waals surface area contributed by atoms with Crippen LogP contribution in [-0.4, -0.2) is 0 Å². The van der Waals surface area contributed by atoms with Gasteiger partial charge in [0, 0.05) is 0 Å². The molecule has 0 amide bonds. The minimum absolute atomic E-state index is 0.861. The molecule has 0 bridgehead atoms. The molecule has 0 N–H and O–H groups in total. The van der Waals surface area contributed by atoms with Crippen LogP contribution < -0.4 is 0 Å². The number of hydrogen-bond acceptors (Lipinski definition) is 0. The molecule has 0 aliphatic rings. The normalized spacial score (nSPS) is 8.20. The Hall–Kier alpha value is 1.13. The molecule has 0 nitrogen and oxygen atoms in total. The molecule has 0 aromatic rings. The fraction of sp³-hybridized carbons (Fsp3) is 0.333. The Kier molecular flexibility index (Phi) is 6.29. The summed E-state index contributed by atoms with van der Waals surface area (Å²) in [5.74, 6) is 0. The summed E-state index contributed by atoms with van der Waals surface area (Å²) < 4.78 is 0. The zero-order chi connectivity index (χ0) is 4.12. The van der Waals surface area contributed by atoms with Crippen LogP contribution in [0.5, 0.6) is 0 Å². The van der Waals surface area contributed by atoms with E-state index in [-0.39, 0.29) is 0 Å². The monoisotopic (exact) mass is 274 g/mol. The number of allylic oxidation sites excluding steroid dienone is 1. The van der Waals surface area contributed by atoms with Crippen molar-refractivity contribution in [1.82, 2.24) is 0 Å². The van der Waals surface area contributed by atoms with Gasteiger partial charge < -0.3 is 0 Å². The fourth-order valence-electron chi connectivity index (χ4n) is 0.0345. The Balaban J connectivity index is 2.40. The van der Waals surface area contributed by atoms with Gasteiger partial charge in [-0.3, -0.25) is 0 Å². The molecular weight excluding hydrogens is 269 g/mol. The summed E-state index contributed by atoms with van der Waals surface area (Å²) in [7, 11) is 0. The standard InChI is InChI=1S/C3H5.HI.Pd/c1-3-2;;/h3H,1-2H2;1H;/q;;+1/p-1. The van der Waals surface area contributed by atoms with Crippen LogP contribution in [0.25, 0.3) is 0 Å². The number of hydrogen-bond donors (Lipinski definition) is 0. The first-order valence-electron chi connectivity index (χ1n) is 1.16. The van der Waals surface area contributed by atoms with Crippen LogP contribution in [0.15, 0.2) is 12.7 Å². The van der Waals surface area contributed by atoms with Gasteiger partial charge in [0.2, 0.25) is 0 Å². The van der Waals surface area contributed by atoms with Crippen LogP contribution in [0.3, 0.4) is 0 Å². The molecule has 0 saturated heterocycles. The van der Waals surface area contributed by atoms with Crippen LogP contribution in [0.2, 0.25) is 4.89 Å². The van der Waals surface area contributed by atoms with Crippen molar-refractivity contribution >= 4 is 19.5 Å². The van der Waals surface area contributed by atoms with E-state index in [9.17, 15) is 0 Å². The predicted octanol–water partition coefficient (Wildman–Crippen LogP) is 2.02. The first kappa shape index (κ1) is 6.13. The van der Waals surface area contributed by atoms with Crippen molar-refractivity contribution in [3.63, 3.8) is 0 Å². The summed E-state index contributed by atoms with van der Waals surface area (Å²) in [5, 5.41) is 0. The molecule has 5 heavy (non-hydrogen) atoms. The quantitative estimate of drug-likeness (QED) is 0.410. The van der Waals surface area contributed by atoms with Crippen molar-refractivity contribution in [2.45, 2.75) is 4.89 Å². The Bertz CT molecular complexity index is 28.1. The second kappa shape index (κ2) is 5.13. The topological polar surface area (TPSA) is 0 Å². The SMILES string of the molecule is C=C[CH2][Pd][I]. The van der Waals surface area contributed by atoms with Gasteiger partial charge in [-0.05, 0) is 0 Å². The third kappa shape index (κ3) is 5.13. The average molecular weight is 274 g/mol. The third-order valence-electron chi connectivity index (χ3n) is 0.140. The van der Waals surface area contributed by atoms with E-state index >= 15 is 0 Å². The maximum absolute atomic E-state index is 3.56. The molecule has 0 rings (SSSR count). The minimum atomic E-state index is 0.861. The summed E-state index contributed by atoms with van der Waals surface area (Å²) in [6.45, 7) is 3.56. The van der Waals surface area contributed by atoms with Gasteiger partial charge in [0.05, 0.1) is 0 Å². The summed E-state index contributed by atoms with van der Waals surface area (Å²) in [6.07, 6.45) is 1.95. The van der Waals surface area contributed by atoms with E-state index in [4.69, 9.17) is 0 Å².